The Hall–Kier alpha value is -1.84. The van der Waals surface area contributed by atoms with Gasteiger partial charge in [0.1, 0.15) is 0 Å². The molecule has 0 radical (unpaired) electrons. The highest BCUT2D eigenvalue weighted by atomic mass is 16.5. The number of aryl methyl sites for hydroxylation is 2. The molecule has 0 aromatic heterocycles. The summed E-state index contributed by atoms with van der Waals surface area (Å²) in [7, 11) is 0. The highest BCUT2D eigenvalue weighted by Gasteiger charge is 2.23. The fourth-order valence-corrected chi connectivity index (χ4v) is 2.61. The Labute approximate surface area is 125 Å². The maximum Gasteiger partial charge on any atom is 0.309 e. The van der Waals surface area contributed by atoms with Crippen molar-refractivity contribution in [3.63, 3.8) is 0 Å². The molecule has 1 fully saturated rings. The number of amides is 1. The number of nitrogens with one attached hydrogen (secondary N) is 1. The smallest absolute Gasteiger partial charge is 0.309 e. The van der Waals surface area contributed by atoms with Crippen molar-refractivity contribution in [2.24, 2.45) is 5.92 Å². The molecule has 0 bridgehead atoms. The Kier molecular flexibility index (Phi) is 5.37. The number of hydrogen-bond donors (Lipinski definition) is 1. The lowest BCUT2D eigenvalue weighted by molar-refractivity contribution is -0.152. The second-order valence-corrected chi connectivity index (χ2v) is 5.79. The maximum atomic E-state index is 11.9. The van der Waals surface area contributed by atoms with Crippen LogP contribution in [0.4, 0.5) is 5.69 Å². The number of hydrogen-bond acceptors (Lipinski definition) is 3. The van der Waals surface area contributed by atoms with E-state index >= 15 is 0 Å². The van der Waals surface area contributed by atoms with Crippen LogP contribution in [-0.4, -0.2) is 18.5 Å². The average molecular weight is 289 g/mol. The normalized spacial score (nSPS) is 15.5. The Morgan fingerprint density at radius 3 is 2.52 bits per heavy atom. The Balaban J connectivity index is 1.78. The molecule has 1 saturated carbocycles. The third kappa shape index (κ3) is 4.59. The molecule has 4 nitrogen and oxygen atoms in total. The van der Waals surface area contributed by atoms with E-state index in [1.54, 1.807) is 0 Å². The number of carbonyl (C=O) groups excluding carboxylic acids is 2. The van der Waals surface area contributed by atoms with Gasteiger partial charge in [-0.05, 0) is 49.9 Å². The third-order valence-electron chi connectivity index (χ3n) is 4.07. The van der Waals surface area contributed by atoms with Crippen LogP contribution in [0, 0.1) is 19.8 Å². The zero-order chi connectivity index (χ0) is 15.2. The SMILES string of the molecule is Cc1ccc(NC(=O)COC(=O)C2CCCCC2)cc1C. The predicted molar refractivity (Wildman–Crippen MR) is 82.1 cm³/mol. The van der Waals surface area contributed by atoms with E-state index < -0.39 is 0 Å². The first kappa shape index (κ1) is 15.5. The third-order valence-corrected chi connectivity index (χ3v) is 4.07. The van der Waals surface area contributed by atoms with Crippen LogP contribution < -0.4 is 5.32 Å². The molecule has 1 aliphatic rings. The lowest BCUT2D eigenvalue weighted by atomic mass is 9.89. The fraction of sp³-hybridized carbons (Fsp3) is 0.529. The van der Waals surface area contributed by atoms with Gasteiger partial charge in [0.2, 0.25) is 0 Å². The molecule has 114 valence electrons. The molecule has 0 aliphatic heterocycles. The highest BCUT2D eigenvalue weighted by molar-refractivity contribution is 5.93. The standard InChI is InChI=1S/C17H23NO3/c1-12-8-9-15(10-13(12)2)18-16(19)11-21-17(20)14-6-4-3-5-7-14/h8-10,14H,3-7,11H2,1-2H3,(H,18,19). The van der Waals surface area contributed by atoms with Gasteiger partial charge < -0.3 is 10.1 Å². The van der Waals surface area contributed by atoms with Crippen molar-refractivity contribution in [1.29, 1.82) is 0 Å². The summed E-state index contributed by atoms with van der Waals surface area (Å²) in [4.78, 5) is 23.7. The monoisotopic (exact) mass is 289 g/mol. The summed E-state index contributed by atoms with van der Waals surface area (Å²) in [5, 5.41) is 2.75. The molecule has 1 aromatic rings. The molecule has 1 aromatic carbocycles. The van der Waals surface area contributed by atoms with Crippen LogP contribution in [-0.2, 0) is 14.3 Å². The summed E-state index contributed by atoms with van der Waals surface area (Å²) < 4.78 is 5.12. The molecule has 0 atom stereocenters. The Bertz CT molecular complexity index is 519. The van der Waals surface area contributed by atoms with Crippen molar-refractivity contribution in [2.45, 2.75) is 46.0 Å². The molecule has 1 amide bonds. The second-order valence-electron chi connectivity index (χ2n) is 5.79. The topological polar surface area (TPSA) is 55.4 Å². The van der Waals surface area contributed by atoms with Gasteiger partial charge in [0.25, 0.3) is 5.91 Å². The molecular formula is C17H23NO3. The molecular weight excluding hydrogens is 266 g/mol. The van der Waals surface area contributed by atoms with Crippen LogP contribution >= 0.6 is 0 Å². The van der Waals surface area contributed by atoms with E-state index in [1.807, 2.05) is 32.0 Å². The van der Waals surface area contributed by atoms with Gasteiger partial charge in [0, 0.05) is 5.69 Å². The number of rotatable bonds is 4. The number of ether oxygens (including phenoxy) is 1. The maximum absolute atomic E-state index is 11.9. The van der Waals surface area contributed by atoms with Gasteiger partial charge in [-0.25, -0.2) is 0 Å². The first-order valence-electron chi connectivity index (χ1n) is 7.60. The summed E-state index contributed by atoms with van der Waals surface area (Å²) in [6.45, 7) is 3.81. The lowest BCUT2D eigenvalue weighted by Gasteiger charge is -2.19. The summed E-state index contributed by atoms with van der Waals surface area (Å²) in [6, 6.07) is 5.72. The molecule has 0 saturated heterocycles. The van der Waals surface area contributed by atoms with Crippen molar-refractivity contribution >= 4 is 17.6 Å². The molecule has 4 heteroatoms. The van der Waals surface area contributed by atoms with E-state index in [4.69, 9.17) is 4.74 Å². The molecule has 0 heterocycles. The number of anilines is 1. The fourth-order valence-electron chi connectivity index (χ4n) is 2.61. The zero-order valence-electron chi connectivity index (χ0n) is 12.8. The van der Waals surface area contributed by atoms with Crippen LogP contribution in [0.3, 0.4) is 0 Å². The first-order valence-corrected chi connectivity index (χ1v) is 7.60. The van der Waals surface area contributed by atoms with Crippen LogP contribution in [0.5, 0.6) is 0 Å². The van der Waals surface area contributed by atoms with Crippen LogP contribution in [0.25, 0.3) is 0 Å². The van der Waals surface area contributed by atoms with Crippen LogP contribution in [0.1, 0.15) is 43.2 Å². The summed E-state index contributed by atoms with van der Waals surface area (Å²) in [5.74, 6) is -0.541. The molecule has 1 N–H and O–H groups in total. The molecule has 0 spiro atoms. The van der Waals surface area contributed by atoms with Gasteiger partial charge in [-0.1, -0.05) is 25.3 Å². The van der Waals surface area contributed by atoms with Gasteiger partial charge in [-0.15, -0.1) is 0 Å². The van der Waals surface area contributed by atoms with Crippen molar-refractivity contribution in [2.75, 3.05) is 11.9 Å². The zero-order valence-corrected chi connectivity index (χ0v) is 12.8. The largest absolute Gasteiger partial charge is 0.455 e. The van der Waals surface area contributed by atoms with Crippen molar-refractivity contribution < 1.29 is 14.3 Å². The van der Waals surface area contributed by atoms with E-state index in [0.29, 0.717) is 0 Å². The highest BCUT2D eigenvalue weighted by Crippen LogP contribution is 2.24. The number of carbonyl (C=O) groups is 2. The minimum Gasteiger partial charge on any atom is -0.455 e. The minimum absolute atomic E-state index is 0.0202. The number of esters is 1. The first-order chi connectivity index (χ1) is 10.1. The molecule has 21 heavy (non-hydrogen) atoms. The molecule has 1 aliphatic carbocycles. The van der Waals surface area contributed by atoms with Crippen LogP contribution in [0.15, 0.2) is 18.2 Å². The van der Waals surface area contributed by atoms with Crippen LogP contribution in [0.2, 0.25) is 0 Å². The Morgan fingerprint density at radius 2 is 1.86 bits per heavy atom. The summed E-state index contributed by atoms with van der Waals surface area (Å²) in [5.41, 5.74) is 3.03. The summed E-state index contributed by atoms with van der Waals surface area (Å²) >= 11 is 0. The van der Waals surface area contributed by atoms with E-state index in [-0.39, 0.29) is 24.4 Å². The van der Waals surface area contributed by atoms with Gasteiger partial charge in [-0.3, -0.25) is 9.59 Å². The van der Waals surface area contributed by atoms with E-state index in [2.05, 4.69) is 5.32 Å². The predicted octanol–water partition coefficient (Wildman–Crippen LogP) is 3.37. The van der Waals surface area contributed by atoms with Crippen molar-refractivity contribution in [1.82, 2.24) is 0 Å². The quantitative estimate of drug-likeness (QED) is 0.865. The van der Waals surface area contributed by atoms with Gasteiger partial charge in [-0.2, -0.15) is 0 Å². The van der Waals surface area contributed by atoms with E-state index in [1.165, 1.54) is 12.0 Å². The van der Waals surface area contributed by atoms with Gasteiger partial charge >= 0.3 is 5.97 Å². The van der Waals surface area contributed by atoms with Crippen molar-refractivity contribution in [3.8, 4) is 0 Å². The van der Waals surface area contributed by atoms with E-state index in [0.717, 1.165) is 36.9 Å². The van der Waals surface area contributed by atoms with Crippen molar-refractivity contribution in [3.05, 3.63) is 29.3 Å². The number of benzene rings is 1. The average Bonchev–Trinajstić information content (AvgIpc) is 2.49. The lowest BCUT2D eigenvalue weighted by Crippen LogP contribution is -2.26. The Morgan fingerprint density at radius 1 is 1.14 bits per heavy atom. The van der Waals surface area contributed by atoms with Gasteiger partial charge in [0.05, 0.1) is 5.92 Å². The molecule has 0 unspecified atom stereocenters. The second kappa shape index (κ2) is 7.25. The minimum atomic E-state index is -0.289. The van der Waals surface area contributed by atoms with Gasteiger partial charge in [0.15, 0.2) is 6.61 Å². The summed E-state index contributed by atoms with van der Waals surface area (Å²) in [6.07, 6.45) is 5.12. The van der Waals surface area contributed by atoms with E-state index in [9.17, 15) is 9.59 Å². The molecule has 2 rings (SSSR count).